The molecular formula is C20H21NO4. The maximum atomic E-state index is 12.9. The number of hydrogen-bond donors (Lipinski definition) is 1. The van der Waals surface area contributed by atoms with E-state index in [0.717, 1.165) is 6.42 Å². The van der Waals surface area contributed by atoms with Crippen LogP contribution in [0, 0.1) is 0 Å². The fraction of sp³-hybridized carbons (Fsp3) is 0.300. The van der Waals surface area contributed by atoms with Crippen LogP contribution in [0.3, 0.4) is 0 Å². The normalized spacial score (nSPS) is 19.0. The first kappa shape index (κ1) is 17.2. The van der Waals surface area contributed by atoms with E-state index in [1.165, 1.54) is 7.11 Å². The highest BCUT2D eigenvalue weighted by atomic mass is 16.5. The molecule has 0 fully saturated rings. The van der Waals surface area contributed by atoms with Crippen molar-refractivity contribution in [3.8, 4) is 5.75 Å². The van der Waals surface area contributed by atoms with Gasteiger partial charge in [0.05, 0.1) is 19.2 Å². The molecule has 1 aliphatic rings. The second-order valence-corrected chi connectivity index (χ2v) is 6.17. The summed E-state index contributed by atoms with van der Waals surface area (Å²) in [4.78, 5) is 27.1. The molecule has 3 rings (SSSR count). The Bertz CT molecular complexity index is 817. The van der Waals surface area contributed by atoms with Gasteiger partial charge >= 0.3 is 0 Å². The maximum Gasteiger partial charge on any atom is 0.264 e. The van der Waals surface area contributed by atoms with Gasteiger partial charge in [0.2, 0.25) is 0 Å². The molecule has 1 heterocycles. The fourth-order valence-electron chi connectivity index (χ4n) is 3.25. The van der Waals surface area contributed by atoms with Gasteiger partial charge in [-0.2, -0.15) is 0 Å². The molecule has 0 radical (unpaired) electrons. The number of hydrogen-bond acceptors (Lipinski definition) is 4. The SMILES string of the molecule is CCCN1C(=O)[C@](O)(CC(=O)c2cccc(OC)c2)c2ccccc21. The van der Waals surface area contributed by atoms with Crippen molar-refractivity contribution in [1.29, 1.82) is 0 Å². The minimum Gasteiger partial charge on any atom is -0.497 e. The van der Waals surface area contributed by atoms with Gasteiger partial charge in [0.25, 0.3) is 5.91 Å². The van der Waals surface area contributed by atoms with Gasteiger partial charge < -0.3 is 14.7 Å². The summed E-state index contributed by atoms with van der Waals surface area (Å²) in [7, 11) is 1.52. The van der Waals surface area contributed by atoms with Crippen LogP contribution in [0.15, 0.2) is 48.5 Å². The molecule has 0 spiro atoms. The fourth-order valence-corrected chi connectivity index (χ4v) is 3.25. The van der Waals surface area contributed by atoms with Crippen LogP contribution in [0.5, 0.6) is 5.75 Å². The summed E-state index contributed by atoms with van der Waals surface area (Å²) in [6, 6.07) is 13.8. The van der Waals surface area contributed by atoms with Gasteiger partial charge in [-0.15, -0.1) is 0 Å². The predicted molar refractivity (Wildman–Crippen MR) is 94.9 cm³/mol. The van der Waals surface area contributed by atoms with Crippen LogP contribution in [0.1, 0.15) is 35.7 Å². The van der Waals surface area contributed by atoms with Crippen molar-refractivity contribution in [3.05, 3.63) is 59.7 Å². The molecule has 130 valence electrons. The standard InChI is InChI=1S/C20H21NO4/c1-3-11-21-17-10-5-4-9-16(17)20(24,19(21)23)13-18(22)14-7-6-8-15(12-14)25-2/h4-10,12,24H,3,11,13H2,1-2H3/t20-/m0/s1. The number of ether oxygens (including phenoxy) is 1. The number of ketones is 1. The van der Waals surface area contributed by atoms with Crippen LogP contribution >= 0.6 is 0 Å². The molecule has 1 amide bonds. The molecule has 1 atom stereocenters. The predicted octanol–water partition coefficient (Wildman–Crippen LogP) is 2.91. The minimum atomic E-state index is -1.83. The summed E-state index contributed by atoms with van der Waals surface area (Å²) < 4.78 is 5.14. The minimum absolute atomic E-state index is 0.295. The van der Waals surface area contributed by atoms with E-state index < -0.39 is 11.5 Å². The molecule has 5 nitrogen and oxygen atoms in total. The summed E-state index contributed by atoms with van der Waals surface area (Å²) in [6.45, 7) is 2.47. The van der Waals surface area contributed by atoms with E-state index in [9.17, 15) is 14.7 Å². The summed E-state index contributed by atoms with van der Waals surface area (Å²) >= 11 is 0. The van der Waals surface area contributed by atoms with E-state index in [-0.39, 0.29) is 12.2 Å². The van der Waals surface area contributed by atoms with E-state index in [1.807, 2.05) is 13.0 Å². The van der Waals surface area contributed by atoms with Gasteiger partial charge in [-0.25, -0.2) is 0 Å². The Balaban J connectivity index is 1.95. The molecule has 1 aliphatic heterocycles. The first-order valence-electron chi connectivity index (χ1n) is 8.32. The quantitative estimate of drug-likeness (QED) is 0.822. The van der Waals surface area contributed by atoms with Crippen molar-refractivity contribution in [3.63, 3.8) is 0 Å². The number of rotatable bonds is 6. The number of nitrogens with zero attached hydrogens (tertiary/aromatic N) is 1. The highest BCUT2D eigenvalue weighted by Gasteiger charge is 2.50. The van der Waals surface area contributed by atoms with Gasteiger partial charge in [-0.3, -0.25) is 9.59 Å². The van der Waals surface area contributed by atoms with E-state index in [1.54, 1.807) is 47.4 Å². The third-order valence-corrected chi connectivity index (χ3v) is 4.49. The number of carbonyl (C=O) groups excluding carboxylic acids is 2. The molecule has 2 aromatic rings. The molecule has 0 bridgehead atoms. The maximum absolute atomic E-state index is 12.9. The third kappa shape index (κ3) is 2.91. The molecule has 2 aromatic carbocycles. The Labute approximate surface area is 146 Å². The van der Waals surface area contributed by atoms with Gasteiger partial charge in [0, 0.05) is 17.7 Å². The number of fused-ring (bicyclic) bond motifs is 1. The summed E-state index contributed by atoms with van der Waals surface area (Å²) in [6.07, 6.45) is 0.468. The lowest BCUT2D eigenvalue weighted by molar-refractivity contribution is -0.135. The molecule has 1 N–H and O–H groups in total. The van der Waals surface area contributed by atoms with E-state index >= 15 is 0 Å². The first-order valence-corrected chi connectivity index (χ1v) is 8.32. The zero-order valence-corrected chi connectivity index (χ0v) is 14.4. The van der Waals surface area contributed by atoms with Crippen molar-refractivity contribution in [2.75, 3.05) is 18.6 Å². The Morgan fingerprint density at radius 2 is 1.96 bits per heavy atom. The Kier molecular flexibility index (Phi) is 4.59. The molecule has 25 heavy (non-hydrogen) atoms. The molecule has 0 aromatic heterocycles. The van der Waals surface area contributed by atoms with Crippen LogP contribution in [0.25, 0.3) is 0 Å². The Hall–Kier alpha value is -2.66. The molecule has 0 saturated carbocycles. The van der Waals surface area contributed by atoms with E-state index in [4.69, 9.17) is 4.74 Å². The summed E-state index contributed by atoms with van der Waals surface area (Å²) in [5, 5.41) is 11.1. The Morgan fingerprint density at radius 1 is 1.20 bits per heavy atom. The summed E-state index contributed by atoms with van der Waals surface area (Å²) in [5.74, 6) is -0.182. The van der Waals surface area contributed by atoms with Gasteiger partial charge in [0.1, 0.15) is 5.75 Å². The van der Waals surface area contributed by atoms with E-state index in [0.29, 0.717) is 29.1 Å². The molecular weight excluding hydrogens is 318 g/mol. The van der Waals surface area contributed by atoms with Crippen LogP contribution in [0.2, 0.25) is 0 Å². The van der Waals surface area contributed by atoms with Crippen molar-refractivity contribution in [2.45, 2.75) is 25.4 Å². The number of anilines is 1. The average Bonchev–Trinajstić information content (AvgIpc) is 2.84. The number of methoxy groups -OCH3 is 1. The number of para-hydroxylation sites is 1. The van der Waals surface area contributed by atoms with E-state index in [2.05, 4.69) is 0 Å². The topological polar surface area (TPSA) is 66.8 Å². The highest BCUT2D eigenvalue weighted by molar-refractivity contribution is 6.10. The molecule has 5 heteroatoms. The first-order chi connectivity index (χ1) is 12.0. The molecule has 0 unspecified atom stereocenters. The number of carbonyl (C=O) groups is 2. The Morgan fingerprint density at radius 3 is 2.68 bits per heavy atom. The van der Waals surface area contributed by atoms with Crippen molar-refractivity contribution < 1.29 is 19.4 Å². The zero-order valence-electron chi connectivity index (χ0n) is 14.4. The van der Waals surface area contributed by atoms with Crippen LogP contribution in [0.4, 0.5) is 5.69 Å². The number of benzene rings is 2. The summed E-state index contributed by atoms with van der Waals surface area (Å²) in [5.41, 5.74) is -0.252. The van der Waals surface area contributed by atoms with Gasteiger partial charge in [0.15, 0.2) is 11.4 Å². The van der Waals surface area contributed by atoms with Crippen molar-refractivity contribution >= 4 is 17.4 Å². The number of Topliss-reactive ketones (excluding diaryl/α,β-unsaturated/α-hetero) is 1. The largest absolute Gasteiger partial charge is 0.497 e. The van der Waals surface area contributed by atoms with Crippen LogP contribution in [-0.4, -0.2) is 30.5 Å². The molecule has 0 saturated heterocycles. The lowest BCUT2D eigenvalue weighted by Crippen LogP contribution is -2.42. The third-order valence-electron chi connectivity index (χ3n) is 4.49. The smallest absolute Gasteiger partial charge is 0.264 e. The number of amides is 1. The zero-order chi connectivity index (χ0) is 18.0. The molecule has 0 aliphatic carbocycles. The van der Waals surface area contributed by atoms with Crippen LogP contribution < -0.4 is 9.64 Å². The monoisotopic (exact) mass is 339 g/mol. The van der Waals surface area contributed by atoms with Gasteiger partial charge in [-0.1, -0.05) is 37.3 Å². The van der Waals surface area contributed by atoms with Crippen molar-refractivity contribution in [1.82, 2.24) is 0 Å². The van der Waals surface area contributed by atoms with Gasteiger partial charge in [-0.05, 0) is 24.6 Å². The highest BCUT2D eigenvalue weighted by Crippen LogP contribution is 2.42. The second kappa shape index (κ2) is 6.69. The lowest BCUT2D eigenvalue weighted by atomic mass is 9.88. The van der Waals surface area contributed by atoms with Crippen LogP contribution in [-0.2, 0) is 10.4 Å². The second-order valence-electron chi connectivity index (χ2n) is 6.17. The number of aliphatic hydroxyl groups is 1. The lowest BCUT2D eigenvalue weighted by Gasteiger charge is -2.22. The van der Waals surface area contributed by atoms with Crippen molar-refractivity contribution in [2.24, 2.45) is 0 Å². The average molecular weight is 339 g/mol.